The largest absolute Gasteiger partial charge is 0.573 e. The molecule has 0 bridgehead atoms. The molecule has 0 saturated carbocycles. The zero-order valence-corrected chi connectivity index (χ0v) is 21.7. The third kappa shape index (κ3) is 6.94. The Morgan fingerprint density at radius 2 is 1.81 bits per heavy atom. The predicted molar refractivity (Wildman–Crippen MR) is 135 cm³/mol. The van der Waals surface area contributed by atoms with Crippen LogP contribution in [0.3, 0.4) is 0 Å². The van der Waals surface area contributed by atoms with Crippen molar-refractivity contribution in [2.75, 3.05) is 5.32 Å². The Labute approximate surface area is 222 Å². The van der Waals surface area contributed by atoms with Gasteiger partial charge in [-0.2, -0.15) is 5.10 Å². The molecule has 1 unspecified atom stereocenters. The smallest absolute Gasteiger partial charge is 0.406 e. The summed E-state index contributed by atoms with van der Waals surface area (Å²) in [5.74, 6) is -1.58. The normalized spacial score (nSPS) is 19.8. The molecular formula is C25H26Cl2F4N4O2. The van der Waals surface area contributed by atoms with Gasteiger partial charge in [-0.25, -0.2) is 4.39 Å². The monoisotopic (exact) mass is 560 g/mol. The number of alkyl halides is 3. The number of halogens is 6. The zero-order valence-electron chi connectivity index (χ0n) is 20.1. The van der Waals surface area contributed by atoms with Crippen LogP contribution in [0.2, 0.25) is 5.02 Å². The van der Waals surface area contributed by atoms with Crippen LogP contribution < -0.4 is 15.4 Å². The second-order valence-corrected chi connectivity index (χ2v) is 10.0. The van der Waals surface area contributed by atoms with E-state index in [1.807, 2.05) is 37.7 Å². The summed E-state index contributed by atoms with van der Waals surface area (Å²) in [5.41, 5.74) is 1.44. The van der Waals surface area contributed by atoms with Crippen molar-refractivity contribution in [2.24, 2.45) is 0 Å². The Bertz CT molecular complexity index is 1240. The second-order valence-electron chi connectivity index (χ2n) is 9.63. The average molecular weight is 561 g/mol. The van der Waals surface area contributed by atoms with E-state index >= 15 is 0 Å². The lowest BCUT2D eigenvalue weighted by Gasteiger charge is -2.21. The second kappa shape index (κ2) is 10.9. The van der Waals surface area contributed by atoms with Gasteiger partial charge in [0.15, 0.2) is 0 Å². The summed E-state index contributed by atoms with van der Waals surface area (Å²) in [6.07, 6.45) is -2.56. The van der Waals surface area contributed by atoms with E-state index in [0.29, 0.717) is 17.7 Å². The van der Waals surface area contributed by atoms with Crippen LogP contribution >= 0.6 is 24.0 Å². The van der Waals surface area contributed by atoms with Gasteiger partial charge >= 0.3 is 6.36 Å². The summed E-state index contributed by atoms with van der Waals surface area (Å²) < 4.78 is 57.1. The molecule has 0 radical (unpaired) electrons. The highest BCUT2D eigenvalue weighted by atomic mass is 35.5. The maximum Gasteiger partial charge on any atom is 0.573 e. The van der Waals surface area contributed by atoms with E-state index in [-0.39, 0.29) is 40.5 Å². The van der Waals surface area contributed by atoms with Crippen LogP contribution in [0.15, 0.2) is 54.7 Å². The van der Waals surface area contributed by atoms with E-state index in [2.05, 4.69) is 15.4 Å². The van der Waals surface area contributed by atoms with Crippen LogP contribution in [0.5, 0.6) is 5.75 Å². The average Bonchev–Trinajstić information content (AvgIpc) is 3.43. The van der Waals surface area contributed by atoms with Gasteiger partial charge in [0.1, 0.15) is 11.6 Å². The number of carbonyl (C=O) groups excluding carboxylic acids is 1. The first kappa shape index (κ1) is 28.7. The molecule has 0 spiro atoms. The van der Waals surface area contributed by atoms with Crippen molar-refractivity contribution in [3.05, 3.63) is 76.8 Å². The minimum absolute atomic E-state index is 0. The molecule has 1 fully saturated rings. The highest BCUT2D eigenvalue weighted by Gasteiger charge is 2.40. The molecule has 12 heteroatoms. The minimum Gasteiger partial charge on any atom is -0.406 e. The van der Waals surface area contributed by atoms with Crippen LogP contribution in [-0.2, 0) is 10.3 Å². The van der Waals surface area contributed by atoms with Gasteiger partial charge in [-0.3, -0.25) is 14.8 Å². The molecule has 3 atom stereocenters. The Balaban J connectivity index is 0.00000380. The number of anilines is 1. The van der Waals surface area contributed by atoms with Crippen LogP contribution in [0.4, 0.5) is 23.2 Å². The van der Waals surface area contributed by atoms with Crippen molar-refractivity contribution < 1.29 is 27.1 Å². The number of ether oxygens (including phenoxy) is 1. The molecule has 200 valence electrons. The Kier molecular flexibility index (Phi) is 8.46. The number of rotatable bonds is 5. The zero-order chi connectivity index (χ0) is 26.3. The summed E-state index contributed by atoms with van der Waals surface area (Å²) in [6, 6.07) is 10.2. The summed E-state index contributed by atoms with van der Waals surface area (Å²) in [6.45, 7) is 6.05. The van der Waals surface area contributed by atoms with Crippen molar-refractivity contribution in [1.29, 1.82) is 0 Å². The first-order valence-corrected chi connectivity index (χ1v) is 11.6. The fraction of sp³-hybridized carbons (Fsp3) is 0.360. The van der Waals surface area contributed by atoms with E-state index in [4.69, 9.17) is 16.7 Å². The molecule has 2 heterocycles. The number of carbonyl (C=O) groups is 1. The maximum atomic E-state index is 14.3. The topological polar surface area (TPSA) is 68.2 Å². The number of benzene rings is 2. The molecule has 1 amide bonds. The first-order valence-electron chi connectivity index (χ1n) is 11.2. The lowest BCUT2D eigenvalue weighted by molar-refractivity contribution is -0.274. The van der Waals surface area contributed by atoms with Crippen LogP contribution in [0.25, 0.3) is 0 Å². The van der Waals surface area contributed by atoms with Gasteiger partial charge in [0, 0.05) is 23.8 Å². The molecule has 2 aromatic carbocycles. The molecule has 4 rings (SSSR count). The molecule has 37 heavy (non-hydrogen) atoms. The molecule has 1 aromatic heterocycles. The maximum absolute atomic E-state index is 14.3. The van der Waals surface area contributed by atoms with Gasteiger partial charge in [0.2, 0.25) is 5.91 Å². The summed E-state index contributed by atoms with van der Waals surface area (Å²) in [7, 11) is 0. The number of amides is 1. The van der Waals surface area contributed by atoms with E-state index in [0.717, 1.165) is 17.8 Å². The fourth-order valence-electron chi connectivity index (χ4n) is 4.18. The van der Waals surface area contributed by atoms with Gasteiger partial charge in [-0.05, 0) is 75.2 Å². The number of hydrogen-bond donors (Lipinski definition) is 2. The summed E-state index contributed by atoms with van der Waals surface area (Å²) >= 11 is 5.86. The summed E-state index contributed by atoms with van der Waals surface area (Å²) in [4.78, 5) is 13.1. The van der Waals surface area contributed by atoms with Crippen LogP contribution in [0.1, 0.15) is 50.4 Å². The van der Waals surface area contributed by atoms with E-state index in [9.17, 15) is 22.4 Å². The third-order valence-electron chi connectivity index (χ3n) is 5.92. The van der Waals surface area contributed by atoms with Crippen LogP contribution in [0, 0.1) is 5.82 Å². The molecular weight excluding hydrogens is 535 g/mol. The van der Waals surface area contributed by atoms with Gasteiger partial charge < -0.3 is 10.1 Å². The van der Waals surface area contributed by atoms with Crippen molar-refractivity contribution in [3.8, 4) is 5.75 Å². The molecule has 0 aliphatic carbocycles. The van der Waals surface area contributed by atoms with Gasteiger partial charge in [-0.15, -0.1) is 25.6 Å². The number of aromatic nitrogens is 2. The Morgan fingerprint density at radius 1 is 1.14 bits per heavy atom. The number of nitrogens with zero attached hydrogens (tertiary/aromatic N) is 2. The molecule has 1 aliphatic rings. The molecule has 3 aromatic rings. The highest BCUT2D eigenvalue weighted by Crippen LogP contribution is 2.41. The van der Waals surface area contributed by atoms with E-state index in [1.165, 1.54) is 24.3 Å². The van der Waals surface area contributed by atoms with Gasteiger partial charge in [-0.1, -0.05) is 17.7 Å². The van der Waals surface area contributed by atoms with Crippen molar-refractivity contribution in [2.45, 2.75) is 57.1 Å². The number of hydrogen-bond acceptors (Lipinski definition) is 4. The van der Waals surface area contributed by atoms with E-state index < -0.39 is 24.3 Å². The quantitative estimate of drug-likeness (QED) is 0.346. The number of nitrogens with one attached hydrogen (secondary N) is 2. The van der Waals surface area contributed by atoms with Crippen molar-refractivity contribution >= 4 is 35.6 Å². The third-order valence-corrected chi connectivity index (χ3v) is 6.23. The first-order chi connectivity index (χ1) is 16.8. The molecule has 2 N–H and O–H groups in total. The van der Waals surface area contributed by atoms with Crippen LogP contribution in [-0.4, -0.2) is 28.1 Å². The summed E-state index contributed by atoms with van der Waals surface area (Å²) in [5, 5.41) is 10.7. The molecule has 1 saturated heterocycles. The standard InChI is InChI=1S/C25H25ClF4N4O2.ClH/c1-24(2,3)34-11-10-20(33-34)17-13-21(32-22(17)14-4-9-18(26)19(27)12-14)23(35)31-15-5-7-16(8-6-15)36-25(28,29)30;/h4-12,17,21-22,32H,13H2,1-3H3,(H,31,35);1H/t17?,21-,22-;/m0./s1. The lowest BCUT2D eigenvalue weighted by Crippen LogP contribution is -2.36. The van der Waals surface area contributed by atoms with Gasteiger partial charge in [0.05, 0.1) is 22.3 Å². The fourth-order valence-corrected chi connectivity index (χ4v) is 4.30. The van der Waals surface area contributed by atoms with Gasteiger partial charge in [0.25, 0.3) is 0 Å². The van der Waals surface area contributed by atoms with Crippen molar-refractivity contribution in [3.63, 3.8) is 0 Å². The van der Waals surface area contributed by atoms with E-state index in [1.54, 1.807) is 6.07 Å². The highest BCUT2D eigenvalue weighted by molar-refractivity contribution is 6.30. The Morgan fingerprint density at radius 3 is 2.38 bits per heavy atom. The predicted octanol–water partition coefficient (Wildman–Crippen LogP) is 6.58. The Hall–Kier alpha value is -2.82. The van der Waals surface area contributed by atoms with Crippen molar-refractivity contribution in [1.82, 2.24) is 15.1 Å². The SMILES string of the molecule is CC(C)(C)n1ccc(C2C[C@@H](C(=O)Nc3ccc(OC(F)(F)F)cc3)N[C@H]2c2ccc(Cl)c(F)c2)n1.Cl. The molecule has 6 nitrogen and oxygen atoms in total. The lowest BCUT2D eigenvalue weighted by atomic mass is 9.90. The molecule has 1 aliphatic heterocycles. The minimum atomic E-state index is -4.80.